The first-order valence-corrected chi connectivity index (χ1v) is 1.53. The van der Waals surface area contributed by atoms with Crippen LogP contribution in [0, 0.1) is 0 Å². The Labute approximate surface area is 50.3 Å². The van der Waals surface area contributed by atoms with Crippen LogP contribution in [0.5, 0.6) is 0 Å². The van der Waals surface area contributed by atoms with Gasteiger partial charge in [0.05, 0.1) is 6.61 Å². The molecule has 0 aliphatic carbocycles. The molecule has 0 N–H and O–H groups in total. The van der Waals surface area contributed by atoms with Crippen LogP contribution in [0.1, 0.15) is 0 Å². The third-order valence-electron chi connectivity index (χ3n) is 0.434. The topological polar surface area (TPSA) is 21.6 Å². The van der Waals surface area contributed by atoms with E-state index in [1.165, 1.54) is 0 Å². The van der Waals surface area contributed by atoms with Crippen molar-refractivity contribution in [3.05, 3.63) is 0 Å². The van der Waals surface area contributed by atoms with Crippen LogP contribution in [-0.4, -0.2) is 19.6 Å². The van der Waals surface area contributed by atoms with Crippen molar-refractivity contribution in [1.29, 1.82) is 0 Å². The van der Waals surface area contributed by atoms with Gasteiger partial charge in [-0.05, 0) is 0 Å². The van der Waals surface area contributed by atoms with Crippen LogP contribution in [0.25, 0.3) is 0 Å². The normalized spacial score (nSPS) is 16.0. The predicted octanol–water partition coefficient (Wildman–Crippen LogP) is -0.0806. The molecule has 0 atom stereocenters. The van der Waals surface area contributed by atoms with Gasteiger partial charge in [-0.25, -0.2) is 6.40 Å². The molecule has 0 saturated heterocycles. The van der Waals surface area contributed by atoms with Crippen molar-refractivity contribution >= 4 is 6.40 Å². The van der Waals surface area contributed by atoms with Crippen LogP contribution in [0.3, 0.4) is 0 Å². The quantitative estimate of drug-likeness (QED) is 0.374. The molecule has 0 unspecified atom stereocenters. The largest absolute Gasteiger partial charge is 0.674 e. The summed E-state index contributed by atoms with van der Waals surface area (Å²) in [5.74, 6) is 0. The second-order valence-electron chi connectivity index (χ2n) is 0.821. The minimum atomic E-state index is 0. The van der Waals surface area contributed by atoms with Gasteiger partial charge in [0.2, 0.25) is 0 Å². The summed E-state index contributed by atoms with van der Waals surface area (Å²) in [4.78, 5) is 3.61. The minimum absolute atomic E-state index is 0. The van der Waals surface area contributed by atoms with Gasteiger partial charge in [-0.15, -0.1) is 0 Å². The Morgan fingerprint density at radius 2 is 2.50 bits per heavy atom. The van der Waals surface area contributed by atoms with Gasteiger partial charge < -0.3 is 9.73 Å². The van der Waals surface area contributed by atoms with E-state index in [-0.39, 0.29) is 20.4 Å². The first-order valence-electron chi connectivity index (χ1n) is 1.53. The Balaban J connectivity index is 0.000000250. The van der Waals surface area contributed by atoms with Crippen molar-refractivity contribution in [1.82, 2.24) is 0 Å². The molecule has 0 aromatic carbocycles. The van der Waals surface area contributed by atoms with Gasteiger partial charge in [-0.2, -0.15) is 0 Å². The number of aliphatic imine (C=N–C) groups is 1. The summed E-state index contributed by atoms with van der Waals surface area (Å²) >= 11 is 0. The van der Waals surface area contributed by atoms with Crippen LogP contribution in [0.15, 0.2) is 4.99 Å². The van der Waals surface area contributed by atoms with E-state index in [2.05, 4.69) is 16.1 Å². The molecule has 2 nitrogen and oxygen atoms in total. The minimum Gasteiger partial charge on any atom is -0.674 e. The van der Waals surface area contributed by atoms with E-state index in [0.29, 0.717) is 0 Å². The molecule has 0 amide bonds. The van der Waals surface area contributed by atoms with Gasteiger partial charge in [0.25, 0.3) is 0 Å². The summed E-state index contributed by atoms with van der Waals surface area (Å²) in [5, 5.41) is 0. The van der Waals surface area contributed by atoms with E-state index in [1.54, 1.807) is 0 Å². The zero-order valence-corrected chi connectivity index (χ0v) is 4.64. The molecular formula is C3H4NOPd-. The number of hydrogen-bond donors (Lipinski definition) is 0. The van der Waals surface area contributed by atoms with Crippen LogP contribution in [0.2, 0.25) is 0 Å². The SMILES string of the molecule is [C-]1=NCCO1.[Pd]. The summed E-state index contributed by atoms with van der Waals surface area (Å²) in [6.45, 7) is 1.51. The Morgan fingerprint density at radius 3 is 2.67 bits per heavy atom. The van der Waals surface area contributed by atoms with Crippen LogP contribution in [0.4, 0.5) is 0 Å². The van der Waals surface area contributed by atoms with Gasteiger partial charge in [0, 0.05) is 27.0 Å². The zero-order chi connectivity index (χ0) is 3.54. The molecule has 6 heavy (non-hydrogen) atoms. The summed E-state index contributed by atoms with van der Waals surface area (Å²) in [6.07, 6.45) is 2.35. The molecular weight excluding hydrogens is 172 g/mol. The molecule has 1 aliphatic rings. The van der Waals surface area contributed by atoms with Crippen molar-refractivity contribution < 1.29 is 25.2 Å². The molecule has 1 rings (SSSR count). The van der Waals surface area contributed by atoms with Crippen molar-refractivity contribution in [2.75, 3.05) is 13.2 Å². The average molecular weight is 176 g/mol. The summed E-state index contributed by atoms with van der Waals surface area (Å²) in [6, 6.07) is 0. The van der Waals surface area contributed by atoms with Gasteiger partial charge in [-0.3, -0.25) is 0 Å². The average Bonchev–Trinajstić information content (AvgIpc) is 1.76. The second kappa shape index (κ2) is 3.33. The fourth-order valence-corrected chi connectivity index (χ4v) is 0.228. The van der Waals surface area contributed by atoms with Crippen molar-refractivity contribution in [3.63, 3.8) is 0 Å². The summed E-state index contributed by atoms with van der Waals surface area (Å²) in [5.41, 5.74) is 0. The molecule has 0 radical (unpaired) electrons. The molecule has 0 aromatic heterocycles. The van der Waals surface area contributed by atoms with E-state index in [0.717, 1.165) is 13.2 Å². The van der Waals surface area contributed by atoms with Crippen LogP contribution < -0.4 is 0 Å². The molecule has 0 spiro atoms. The summed E-state index contributed by atoms with van der Waals surface area (Å²) < 4.78 is 4.53. The molecule has 1 aliphatic heterocycles. The zero-order valence-electron chi connectivity index (χ0n) is 3.09. The van der Waals surface area contributed by atoms with Crippen molar-refractivity contribution in [3.8, 4) is 0 Å². The Morgan fingerprint density at radius 1 is 1.67 bits per heavy atom. The standard InChI is InChI=1S/C3H4NO.Pd/c1-2-5-3-4-1;/h1-2H2;/q-1;. The third kappa shape index (κ3) is 1.54. The van der Waals surface area contributed by atoms with Crippen molar-refractivity contribution in [2.45, 2.75) is 0 Å². The maximum atomic E-state index is 4.53. The third-order valence-corrected chi connectivity index (χ3v) is 0.434. The summed E-state index contributed by atoms with van der Waals surface area (Å²) in [7, 11) is 0. The first kappa shape index (κ1) is 6.13. The van der Waals surface area contributed by atoms with E-state index in [1.807, 2.05) is 0 Å². The van der Waals surface area contributed by atoms with E-state index < -0.39 is 0 Å². The van der Waals surface area contributed by atoms with E-state index in [4.69, 9.17) is 0 Å². The van der Waals surface area contributed by atoms with Gasteiger partial charge in [-0.1, -0.05) is 0 Å². The fourth-order valence-electron chi connectivity index (χ4n) is 0.228. The molecule has 1 heterocycles. The van der Waals surface area contributed by atoms with Crippen LogP contribution in [-0.2, 0) is 25.2 Å². The molecule has 3 heteroatoms. The number of rotatable bonds is 0. The Hall–Kier alpha value is 0.132. The Bertz CT molecular complexity index is 48.8. The number of ether oxygens (including phenoxy) is 1. The molecule has 0 bridgehead atoms. The maximum absolute atomic E-state index is 4.53. The number of nitrogens with zero attached hydrogens (tertiary/aromatic N) is 1. The molecule has 0 fully saturated rings. The smallest absolute Gasteiger partial charge is 0.0637 e. The first-order chi connectivity index (χ1) is 2.50. The predicted molar refractivity (Wildman–Crippen MR) is 18.3 cm³/mol. The van der Waals surface area contributed by atoms with Crippen LogP contribution >= 0.6 is 0 Å². The molecule has 0 saturated carbocycles. The second-order valence-corrected chi connectivity index (χ2v) is 0.821. The number of hydrogen-bond acceptors (Lipinski definition) is 2. The fraction of sp³-hybridized carbons (Fsp3) is 0.667. The Kier molecular flexibility index (Phi) is 3.40. The van der Waals surface area contributed by atoms with Gasteiger partial charge in [0.15, 0.2) is 0 Å². The molecule has 38 valence electrons. The van der Waals surface area contributed by atoms with E-state index in [9.17, 15) is 0 Å². The van der Waals surface area contributed by atoms with Gasteiger partial charge in [0.1, 0.15) is 0 Å². The monoisotopic (exact) mass is 176 g/mol. The van der Waals surface area contributed by atoms with E-state index >= 15 is 0 Å². The molecule has 0 aromatic rings. The maximum Gasteiger partial charge on any atom is 0.0637 e. The van der Waals surface area contributed by atoms with Crippen molar-refractivity contribution in [2.24, 2.45) is 4.99 Å². The van der Waals surface area contributed by atoms with Gasteiger partial charge >= 0.3 is 0 Å².